The number of methoxy groups -OCH3 is 1. The molecule has 158 valence electrons. The van der Waals surface area contributed by atoms with E-state index in [4.69, 9.17) is 9.15 Å². The van der Waals surface area contributed by atoms with E-state index < -0.39 is 0 Å². The highest BCUT2D eigenvalue weighted by Crippen LogP contribution is 2.15. The monoisotopic (exact) mass is 400 g/mol. The van der Waals surface area contributed by atoms with Gasteiger partial charge in [0.2, 0.25) is 5.89 Å². The number of piperazine rings is 1. The van der Waals surface area contributed by atoms with Gasteiger partial charge < -0.3 is 14.5 Å². The summed E-state index contributed by atoms with van der Waals surface area (Å²) < 4.78 is 10.7. The highest BCUT2D eigenvalue weighted by Gasteiger charge is 2.20. The van der Waals surface area contributed by atoms with Gasteiger partial charge in [-0.15, -0.1) is 0 Å². The zero-order chi connectivity index (χ0) is 20.6. The predicted molar refractivity (Wildman–Crippen MR) is 112 cm³/mol. The number of carbonyl (C=O) groups excluding carboxylic acids is 1. The van der Waals surface area contributed by atoms with Gasteiger partial charge >= 0.3 is 0 Å². The van der Waals surface area contributed by atoms with Crippen LogP contribution in [0, 0.1) is 5.92 Å². The third-order valence-corrected chi connectivity index (χ3v) is 5.18. The lowest BCUT2D eigenvalue weighted by Crippen LogP contribution is -2.45. The SMILES string of the molecule is COc1ccc(CN2CCN(Cc3nc(C(=O)NCCC(C)C)co3)CC2)cc1. The highest BCUT2D eigenvalue weighted by molar-refractivity contribution is 5.91. The zero-order valence-electron chi connectivity index (χ0n) is 17.7. The molecule has 1 amide bonds. The highest BCUT2D eigenvalue weighted by atomic mass is 16.5. The molecule has 1 aromatic heterocycles. The maximum absolute atomic E-state index is 12.1. The molecule has 1 fully saturated rings. The van der Waals surface area contributed by atoms with Crippen LogP contribution in [0.4, 0.5) is 0 Å². The standard InChI is InChI=1S/C22H32N4O3/c1-17(2)8-9-23-22(27)20-16-29-21(24-20)15-26-12-10-25(11-13-26)14-18-4-6-19(28-3)7-5-18/h4-7,16-17H,8-15H2,1-3H3,(H,23,27). The Morgan fingerprint density at radius 1 is 1.14 bits per heavy atom. The molecule has 0 aliphatic carbocycles. The lowest BCUT2D eigenvalue weighted by molar-refractivity contribution is 0.0946. The molecule has 0 atom stereocenters. The Morgan fingerprint density at radius 2 is 1.79 bits per heavy atom. The fraction of sp³-hybridized carbons (Fsp3) is 0.545. The third kappa shape index (κ3) is 6.58. The summed E-state index contributed by atoms with van der Waals surface area (Å²) in [5.74, 6) is 1.89. The molecule has 2 heterocycles. The van der Waals surface area contributed by atoms with Gasteiger partial charge in [0.25, 0.3) is 5.91 Å². The van der Waals surface area contributed by atoms with Gasteiger partial charge in [0.15, 0.2) is 5.69 Å². The Balaban J connectivity index is 1.41. The molecule has 29 heavy (non-hydrogen) atoms. The quantitative estimate of drug-likeness (QED) is 0.698. The van der Waals surface area contributed by atoms with E-state index in [1.54, 1.807) is 7.11 Å². The van der Waals surface area contributed by atoms with Crippen LogP contribution in [0.25, 0.3) is 0 Å². The summed E-state index contributed by atoms with van der Waals surface area (Å²) in [6.07, 6.45) is 2.41. The van der Waals surface area contributed by atoms with Gasteiger partial charge in [-0.2, -0.15) is 0 Å². The number of nitrogens with one attached hydrogen (secondary N) is 1. The van der Waals surface area contributed by atoms with Crippen molar-refractivity contribution in [2.45, 2.75) is 33.4 Å². The topological polar surface area (TPSA) is 70.8 Å². The third-order valence-electron chi connectivity index (χ3n) is 5.18. The van der Waals surface area contributed by atoms with E-state index in [9.17, 15) is 4.79 Å². The average Bonchev–Trinajstić information content (AvgIpc) is 3.18. The number of hydrogen-bond acceptors (Lipinski definition) is 6. The van der Waals surface area contributed by atoms with Crippen LogP contribution in [0.1, 0.15) is 42.2 Å². The summed E-state index contributed by atoms with van der Waals surface area (Å²) in [4.78, 5) is 21.2. The number of hydrogen-bond donors (Lipinski definition) is 1. The molecule has 1 aromatic carbocycles. The summed E-state index contributed by atoms with van der Waals surface area (Å²) in [7, 11) is 1.68. The number of benzene rings is 1. The molecule has 3 rings (SSSR count). The minimum Gasteiger partial charge on any atom is -0.497 e. The van der Waals surface area contributed by atoms with Crippen LogP contribution in [-0.4, -0.2) is 60.5 Å². The largest absolute Gasteiger partial charge is 0.497 e. The number of ether oxygens (including phenoxy) is 1. The van der Waals surface area contributed by atoms with Crippen molar-refractivity contribution in [1.82, 2.24) is 20.1 Å². The molecule has 1 N–H and O–H groups in total. The van der Waals surface area contributed by atoms with Crippen LogP contribution in [0.2, 0.25) is 0 Å². The van der Waals surface area contributed by atoms with Crippen LogP contribution in [0.3, 0.4) is 0 Å². The lowest BCUT2D eigenvalue weighted by Gasteiger charge is -2.34. The van der Waals surface area contributed by atoms with Gasteiger partial charge in [-0.05, 0) is 30.0 Å². The molecule has 0 unspecified atom stereocenters. The van der Waals surface area contributed by atoms with Crippen molar-refractivity contribution in [1.29, 1.82) is 0 Å². The number of amides is 1. The van der Waals surface area contributed by atoms with Crippen LogP contribution in [-0.2, 0) is 13.1 Å². The Hall–Kier alpha value is -2.38. The Kier molecular flexibility index (Phi) is 7.66. The fourth-order valence-electron chi connectivity index (χ4n) is 3.34. The summed E-state index contributed by atoms with van der Waals surface area (Å²) in [6, 6.07) is 8.24. The first-order valence-electron chi connectivity index (χ1n) is 10.3. The molecule has 1 aliphatic rings. The van der Waals surface area contributed by atoms with Crippen molar-refractivity contribution in [3.8, 4) is 5.75 Å². The summed E-state index contributed by atoms with van der Waals surface area (Å²) in [6.45, 7) is 10.4. The predicted octanol–water partition coefficient (Wildman–Crippen LogP) is 2.78. The Bertz CT molecular complexity index is 765. The molecule has 7 nitrogen and oxygen atoms in total. The summed E-state index contributed by atoms with van der Waals surface area (Å²) in [5, 5.41) is 2.89. The maximum atomic E-state index is 12.1. The van der Waals surface area contributed by atoms with E-state index in [1.165, 1.54) is 11.8 Å². The van der Waals surface area contributed by atoms with Gasteiger partial charge in [0.1, 0.15) is 12.0 Å². The van der Waals surface area contributed by atoms with E-state index in [1.807, 2.05) is 12.1 Å². The number of rotatable bonds is 9. The van der Waals surface area contributed by atoms with Crippen molar-refractivity contribution >= 4 is 5.91 Å². The second-order valence-electron chi connectivity index (χ2n) is 7.97. The lowest BCUT2D eigenvalue weighted by atomic mass is 10.1. The maximum Gasteiger partial charge on any atom is 0.273 e. The smallest absolute Gasteiger partial charge is 0.273 e. The van der Waals surface area contributed by atoms with Crippen LogP contribution < -0.4 is 10.1 Å². The summed E-state index contributed by atoms with van der Waals surface area (Å²) >= 11 is 0. The number of oxazole rings is 1. The van der Waals surface area contributed by atoms with Gasteiger partial charge in [-0.3, -0.25) is 14.6 Å². The van der Waals surface area contributed by atoms with Crippen molar-refractivity contribution in [2.75, 3.05) is 39.8 Å². The molecule has 1 saturated heterocycles. The minimum absolute atomic E-state index is 0.162. The molecule has 7 heteroatoms. The van der Waals surface area contributed by atoms with E-state index in [0.717, 1.165) is 44.9 Å². The van der Waals surface area contributed by atoms with E-state index in [2.05, 4.69) is 46.1 Å². The second kappa shape index (κ2) is 10.4. The van der Waals surface area contributed by atoms with Crippen molar-refractivity contribution in [3.05, 3.63) is 47.7 Å². The molecular weight excluding hydrogens is 368 g/mol. The molecule has 1 aliphatic heterocycles. The molecule has 2 aromatic rings. The average molecular weight is 401 g/mol. The first kappa shape index (κ1) is 21.3. The van der Waals surface area contributed by atoms with Crippen molar-refractivity contribution in [3.63, 3.8) is 0 Å². The first-order valence-corrected chi connectivity index (χ1v) is 10.3. The van der Waals surface area contributed by atoms with E-state index in [-0.39, 0.29) is 5.91 Å². The van der Waals surface area contributed by atoms with Gasteiger partial charge in [0.05, 0.1) is 13.7 Å². The van der Waals surface area contributed by atoms with Crippen molar-refractivity contribution < 1.29 is 13.9 Å². The number of nitrogens with zero attached hydrogens (tertiary/aromatic N) is 3. The fourth-order valence-corrected chi connectivity index (χ4v) is 3.34. The molecule has 0 spiro atoms. The number of carbonyl (C=O) groups is 1. The summed E-state index contributed by atoms with van der Waals surface area (Å²) in [5.41, 5.74) is 1.65. The molecule has 0 radical (unpaired) electrons. The van der Waals surface area contributed by atoms with Crippen LogP contribution >= 0.6 is 0 Å². The Labute approximate surface area is 173 Å². The Morgan fingerprint density at radius 3 is 2.41 bits per heavy atom. The van der Waals surface area contributed by atoms with E-state index in [0.29, 0.717) is 30.6 Å². The molecule has 0 bridgehead atoms. The van der Waals surface area contributed by atoms with Crippen LogP contribution in [0.5, 0.6) is 5.75 Å². The van der Waals surface area contributed by atoms with Gasteiger partial charge in [-0.1, -0.05) is 26.0 Å². The van der Waals surface area contributed by atoms with Crippen LogP contribution in [0.15, 0.2) is 34.9 Å². The first-order chi connectivity index (χ1) is 14.0. The number of aromatic nitrogens is 1. The zero-order valence-corrected chi connectivity index (χ0v) is 17.7. The second-order valence-corrected chi connectivity index (χ2v) is 7.97. The molecule has 0 saturated carbocycles. The van der Waals surface area contributed by atoms with E-state index >= 15 is 0 Å². The van der Waals surface area contributed by atoms with Gasteiger partial charge in [-0.25, -0.2) is 4.98 Å². The normalized spacial score (nSPS) is 15.6. The van der Waals surface area contributed by atoms with Crippen molar-refractivity contribution in [2.24, 2.45) is 5.92 Å². The minimum atomic E-state index is -0.162. The molecular formula is C22H32N4O3. The van der Waals surface area contributed by atoms with Gasteiger partial charge in [0, 0.05) is 39.3 Å².